The maximum absolute atomic E-state index is 14.2. The van der Waals surface area contributed by atoms with Crippen molar-refractivity contribution in [1.29, 1.82) is 0 Å². The summed E-state index contributed by atoms with van der Waals surface area (Å²) in [5.41, 5.74) is -1.54. The Morgan fingerprint density at radius 3 is 2.50 bits per heavy atom. The van der Waals surface area contributed by atoms with Crippen LogP contribution in [0.25, 0.3) is 11.3 Å². The zero-order chi connectivity index (χ0) is 23.8. The molecule has 0 atom stereocenters. The molecule has 3 rings (SSSR count). The van der Waals surface area contributed by atoms with Gasteiger partial charge in [0, 0.05) is 18.3 Å². The zero-order valence-corrected chi connectivity index (χ0v) is 19.5. The minimum absolute atomic E-state index is 0.0681. The lowest BCUT2D eigenvalue weighted by Crippen LogP contribution is -2.28. The highest BCUT2D eigenvalue weighted by atomic mass is 127. The first-order valence-electron chi connectivity index (χ1n) is 9.09. The van der Waals surface area contributed by atoms with E-state index in [9.17, 15) is 27.2 Å². The van der Waals surface area contributed by atoms with E-state index in [4.69, 9.17) is 16.3 Å². The molecule has 2 aromatic heterocycles. The van der Waals surface area contributed by atoms with Crippen LogP contribution < -0.4 is 5.43 Å². The minimum Gasteiger partial charge on any atom is -0.465 e. The highest BCUT2D eigenvalue weighted by Gasteiger charge is 2.34. The molecular formula is C20H15ClF4IN3O3. The van der Waals surface area contributed by atoms with E-state index in [-0.39, 0.29) is 38.5 Å². The van der Waals surface area contributed by atoms with Crippen LogP contribution in [-0.4, -0.2) is 27.4 Å². The summed E-state index contributed by atoms with van der Waals surface area (Å²) >= 11 is 7.49. The molecule has 0 spiro atoms. The number of esters is 1. The van der Waals surface area contributed by atoms with Crippen molar-refractivity contribution >= 4 is 40.2 Å². The molecule has 0 amide bonds. The predicted molar refractivity (Wildman–Crippen MR) is 117 cm³/mol. The van der Waals surface area contributed by atoms with Crippen LogP contribution in [0.2, 0.25) is 5.02 Å². The van der Waals surface area contributed by atoms with Gasteiger partial charge in [-0.1, -0.05) is 17.7 Å². The molecule has 3 aromatic rings. The van der Waals surface area contributed by atoms with Crippen molar-refractivity contribution in [3.8, 4) is 11.3 Å². The van der Waals surface area contributed by atoms with Gasteiger partial charge in [-0.3, -0.25) is 9.48 Å². The van der Waals surface area contributed by atoms with Gasteiger partial charge in [0.15, 0.2) is 5.69 Å². The molecule has 6 nitrogen and oxygen atoms in total. The number of hydrogen-bond donors (Lipinski definition) is 0. The summed E-state index contributed by atoms with van der Waals surface area (Å²) in [6.07, 6.45) is -3.48. The Labute approximate surface area is 197 Å². The van der Waals surface area contributed by atoms with Crippen LogP contribution in [0.5, 0.6) is 0 Å². The van der Waals surface area contributed by atoms with E-state index < -0.39 is 29.1 Å². The van der Waals surface area contributed by atoms with Crippen molar-refractivity contribution in [2.75, 3.05) is 7.11 Å². The van der Waals surface area contributed by atoms with Gasteiger partial charge in [-0.05, 0) is 47.7 Å². The fourth-order valence-corrected chi connectivity index (χ4v) is 4.08. The van der Waals surface area contributed by atoms with Crippen molar-refractivity contribution in [2.24, 2.45) is 0 Å². The minimum atomic E-state index is -4.62. The van der Waals surface area contributed by atoms with Crippen molar-refractivity contribution in [3.63, 3.8) is 0 Å². The predicted octanol–water partition coefficient (Wildman–Crippen LogP) is 4.98. The topological polar surface area (TPSA) is 66.1 Å². The molecule has 1 aromatic carbocycles. The van der Waals surface area contributed by atoms with Gasteiger partial charge in [0.1, 0.15) is 11.4 Å². The quantitative estimate of drug-likeness (QED) is 0.241. The summed E-state index contributed by atoms with van der Waals surface area (Å²) in [5, 5.41) is 3.38. The van der Waals surface area contributed by atoms with Crippen molar-refractivity contribution in [1.82, 2.24) is 14.3 Å². The Morgan fingerprint density at radius 2 is 1.97 bits per heavy atom. The zero-order valence-electron chi connectivity index (χ0n) is 16.6. The molecule has 0 fully saturated rings. The number of nitrogens with zero attached hydrogens (tertiary/aromatic N) is 3. The number of carbonyl (C=O) groups excluding carboxylic acids is 1. The number of benzene rings is 1. The van der Waals surface area contributed by atoms with Crippen molar-refractivity contribution < 1.29 is 27.1 Å². The number of aromatic nitrogens is 3. The Bertz CT molecular complexity index is 1250. The summed E-state index contributed by atoms with van der Waals surface area (Å²) in [6.45, 7) is 1.73. The summed E-state index contributed by atoms with van der Waals surface area (Å²) in [4.78, 5) is 25.6. The average molecular weight is 584 g/mol. The molecule has 0 saturated carbocycles. The number of alkyl halides is 3. The number of carbonyl (C=O) groups is 1. The van der Waals surface area contributed by atoms with Crippen LogP contribution in [-0.2, 0) is 24.0 Å². The van der Waals surface area contributed by atoms with Gasteiger partial charge < -0.3 is 9.30 Å². The lowest BCUT2D eigenvalue weighted by molar-refractivity contribution is -0.141. The van der Waals surface area contributed by atoms with Gasteiger partial charge in [-0.15, -0.1) is 0 Å². The SMILES string of the molecule is CCn1c(Cn2ccc(C(F)(F)F)n2)c(I)c(=O)c(C(=O)OC)c1-c1ccc(Cl)c(F)c1. The molecule has 0 radical (unpaired) electrons. The van der Waals surface area contributed by atoms with Crippen molar-refractivity contribution in [3.05, 3.63) is 72.0 Å². The summed E-state index contributed by atoms with van der Waals surface area (Å²) in [5.74, 6) is -1.69. The van der Waals surface area contributed by atoms with Crippen molar-refractivity contribution in [2.45, 2.75) is 26.2 Å². The molecule has 0 saturated heterocycles. The van der Waals surface area contributed by atoms with Crippen LogP contribution in [0, 0.1) is 9.39 Å². The lowest BCUT2D eigenvalue weighted by Gasteiger charge is -2.22. The van der Waals surface area contributed by atoms with Crippen LogP contribution >= 0.6 is 34.2 Å². The smallest absolute Gasteiger partial charge is 0.435 e. The van der Waals surface area contributed by atoms with Gasteiger partial charge in [-0.2, -0.15) is 18.3 Å². The molecule has 0 bridgehead atoms. The van der Waals surface area contributed by atoms with E-state index in [2.05, 4.69) is 5.10 Å². The molecule has 2 heterocycles. The Balaban J connectivity index is 2.30. The first kappa shape index (κ1) is 24.2. The van der Waals surface area contributed by atoms with E-state index in [1.807, 2.05) is 0 Å². The van der Waals surface area contributed by atoms with Crippen LogP contribution in [0.4, 0.5) is 17.6 Å². The van der Waals surface area contributed by atoms with Gasteiger partial charge in [0.25, 0.3) is 0 Å². The number of ether oxygens (including phenoxy) is 1. The van der Waals surface area contributed by atoms with Gasteiger partial charge in [0.2, 0.25) is 5.43 Å². The second kappa shape index (κ2) is 9.22. The normalized spacial score (nSPS) is 11.6. The fourth-order valence-electron chi connectivity index (χ4n) is 3.23. The van der Waals surface area contributed by atoms with E-state index in [0.29, 0.717) is 5.69 Å². The maximum atomic E-state index is 14.2. The molecule has 0 aliphatic heterocycles. The highest BCUT2D eigenvalue weighted by molar-refractivity contribution is 14.1. The van der Waals surface area contributed by atoms with E-state index >= 15 is 0 Å². The van der Waals surface area contributed by atoms with E-state index in [1.54, 1.807) is 34.1 Å². The molecule has 0 unspecified atom stereocenters. The number of halogens is 6. The highest BCUT2D eigenvalue weighted by Crippen LogP contribution is 2.30. The third-order valence-corrected chi connectivity index (χ3v) is 6.07. The first-order chi connectivity index (χ1) is 15.0. The second-order valence-corrected chi connectivity index (χ2v) is 8.06. The number of hydrogen-bond acceptors (Lipinski definition) is 4. The molecule has 170 valence electrons. The third kappa shape index (κ3) is 4.53. The third-order valence-electron chi connectivity index (χ3n) is 4.65. The van der Waals surface area contributed by atoms with Crippen LogP contribution in [0.15, 0.2) is 35.3 Å². The van der Waals surface area contributed by atoms with Gasteiger partial charge in [-0.25, -0.2) is 9.18 Å². The van der Waals surface area contributed by atoms with E-state index in [1.165, 1.54) is 12.1 Å². The number of rotatable bonds is 5. The fraction of sp³-hybridized carbons (Fsp3) is 0.250. The molecule has 32 heavy (non-hydrogen) atoms. The number of pyridine rings is 1. The van der Waals surface area contributed by atoms with Crippen LogP contribution in [0.1, 0.15) is 28.7 Å². The Hall–Kier alpha value is -2.41. The largest absolute Gasteiger partial charge is 0.465 e. The molecule has 0 aliphatic rings. The van der Waals surface area contributed by atoms with Gasteiger partial charge in [0.05, 0.1) is 33.6 Å². The standard InChI is InChI=1S/C20H15ClF4IN3O3/c1-3-29-13(9-28-7-6-14(27-28)20(23,24)25)16(26)18(30)15(19(31)32-2)17(29)10-4-5-11(21)12(22)8-10/h4-8H,3,9H2,1-2H3. The van der Waals surface area contributed by atoms with Crippen LogP contribution in [0.3, 0.4) is 0 Å². The summed E-state index contributed by atoms with van der Waals surface area (Å²) in [7, 11) is 1.10. The second-order valence-electron chi connectivity index (χ2n) is 6.57. The molecule has 0 aliphatic carbocycles. The Morgan fingerprint density at radius 1 is 1.28 bits per heavy atom. The molecule has 12 heteroatoms. The monoisotopic (exact) mass is 583 g/mol. The summed E-state index contributed by atoms with van der Waals surface area (Å²) < 4.78 is 60.5. The first-order valence-corrected chi connectivity index (χ1v) is 10.5. The summed E-state index contributed by atoms with van der Waals surface area (Å²) in [6, 6.07) is 4.60. The van der Waals surface area contributed by atoms with Gasteiger partial charge >= 0.3 is 12.1 Å². The molecular weight excluding hydrogens is 569 g/mol. The molecule has 0 N–H and O–H groups in total. The van der Waals surface area contributed by atoms with E-state index in [0.717, 1.165) is 30.1 Å². The maximum Gasteiger partial charge on any atom is 0.435 e. The lowest BCUT2D eigenvalue weighted by atomic mass is 10.0. The average Bonchev–Trinajstić information content (AvgIpc) is 3.22. The Kier molecular flexibility index (Phi) is 6.98. The number of methoxy groups -OCH3 is 1.